The van der Waals surface area contributed by atoms with Gasteiger partial charge in [-0.05, 0) is 74.1 Å². The summed E-state index contributed by atoms with van der Waals surface area (Å²) in [5, 5.41) is 12.1. The number of hydrogen-bond acceptors (Lipinski definition) is 7. The Hall–Kier alpha value is -3.28. The number of anilines is 1. The summed E-state index contributed by atoms with van der Waals surface area (Å²) in [6.45, 7) is -1.40. The number of benzene rings is 2. The molecule has 0 bridgehead atoms. The second-order valence-corrected chi connectivity index (χ2v) is 13.6. The van der Waals surface area contributed by atoms with E-state index < -0.39 is 52.6 Å². The van der Waals surface area contributed by atoms with E-state index >= 15 is 0 Å². The summed E-state index contributed by atoms with van der Waals surface area (Å²) in [6.07, 6.45) is -4.12. The van der Waals surface area contributed by atoms with E-state index in [-0.39, 0.29) is 61.0 Å². The number of rotatable bonds is 12. The summed E-state index contributed by atoms with van der Waals surface area (Å²) in [6, 6.07) is 13.3. The molecule has 0 aromatic heterocycles. The Labute approximate surface area is 259 Å². The van der Waals surface area contributed by atoms with Crippen molar-refractivity contribution >= 4 is 21.4 Å². The molecule has 45 heavy (non-hydrogen) atoms. The van der Waals surface area contributed by atoms with Gasteiger partial charge in [0, 0.05) is 17.8 Å². The van der Waals surface area contributed by atoms with Crippen LogP contribution in [0.15, 0.2) is 53.4 Å². The van der Waals surface area contributed by atoms with Crippen molar-refractivity contribution in [2.24, 2.45) is 5.92 Å². The van der Waals surface area contributed by atoms with E-state index in [0.717, 1.165) is 0 Å². The average molecular weight is 658 g/mol. The fourth-order valence-corrected chi connectivity index (χ4v) is 6.78. The molecule has 3 atom stereocenters. The number of amides is 1. The van der Waals surface area contributed by atoms with Crippen LogP contribution in [0.1, 0.15) is 67.4 Å². The van der Waals surface area contributed by atoms with E-state index in [9.17, 15) is 40.4 Å². The molecule has 1 N–H and O–H groups in total. The molecule has 1 saturated carbocycles. The zero-order chi connectivity index (χ0) is 32.8. The van der Waals surface area contributed by atoms with Gasteiger partial charge in [0.1, 0.15) is 0 Å². The smallest absolute Gasteiger partial charge is 0.373 e. The Balaban J connectivity index is 1.41. The van der Waals surface area contributed by atoms with Gasteiger partial charge >= 0.3 is 12.8 Å². The first-order chi connectivity index (χ1) is 21.3. The second-order valence-electron chi connectivity index (χ2n) is 11.3. The summed E-state index contributed by atoms with van der Waals surface area (Å²) < 4.78 is 99.9. The van der Waals surface area contributed by atoms with Crippen molar-refractivity contribution in [1.82, 2.24) is 5.32 Å². The second kappa shape index (κ2) is 14.9. The lowest BCUT2D eigenvalue weighted by Gasteiger charge is -2.31. The van der Waals surface area contributed by atoms with Gasteiger partial charge in [0.2, 0.25) is 0 Å². The molecule has 8 nitrogen and oxygen atoms in total. The molecule has 246 valence electrons. The first kappa shape index (κ1) is 34.6. The molecule has 1 amide bonds. The van der Waals surface area contributed by atoms with Crippen LogP contribution in [0, 0.1) is 17.2 Å². The van der Waals surface area contributed by atoms with Gasteiger partial charge in [-0.3, -0.25) is 4.79 Å². The van der Waals surface area contributed by atoms with Gasteiger partial charge in [-0.1, -0.05) is 19.1 Å². The number of sulfone groups is 1. The quantitative estimate of drug-likeness (QED) is 0.271. The summed E-state index contributed by atoms with van der Waals surface area (Å²) in [5.41, 5.74) is 1.47. The van der Waals surface area contributed by atoms with Gasteiger partial charge < -0.3 is 19.7 Å². The van der Waals surface area contributed by atoms with Crippen LogP contribution in [0.25, 0.3) is 0 Å². The van der Waals surface area contributed by atoms with Crippen molar-refractivity contribution in [2.75, 3.05) is 23.8 Å². The molecule has 0 spiro atoms. The Morgan fingerprint density at radius 1 is 1.04 bits per heavy atom. The topological polar surface area (TPSA) is 109 Å². The first-order valence-corrected chi connectivity index (χ1v) is 16.4. The number of nitriles is 1. The minimum atomic E-state index is -4.22. The third-order valence-corrected chi connectivity index (χ3v) is 10.1. The van der Waals surface area contributed by atoms with E-state index in [1.54, 1.807) is 36.4 Å². The van der Waals surface area contributed by atoms with Crippen LogP contribution in [0.5, 0.6) is 0 Å². The molecule has 1 aliphatic carbocycles. The summed E-state index contributed by atoms with van der Waals surface area (Å²) in [4.78, 5) is 15.1. The lowest BCUT2D eigenvalue weighted by Crippen LogP contribution is -2.35. The lowest BCUT2D eigenvalue weighted by atomic mass is 9.87. The zero-order valence-corrected chi connectivity index (χ0v) is 25.5. The molecule has 1 aliphatic heterocycles. The van der Waals surface area contributed by atoms with Crippen molar-refractivity contribution in [2.45, 2.75) is 87.4 Å². The minimum absolute atomic E-state index is 0.00660. The number of alkyl halides is 5. The highest BCUT2D eigenvalue weighted by molar-refractivity contribution is 7.91. The maximum Gasteiger partial charge on any atom is 0.391 e. The van der Waals surface area contributed by atoms with Crippen LogP contribution in [-0.4, -0.2) is 64.3 Å². The fourth-order valence-electron chi connectivity index (χ4n) is 5.89. The van der Waals surface area contributed by atoms with Crippen molar-refractivity contribution in [3.63, 3.8) is 0 Å². The molecule has 2 aliphatic rings. The molecule has 0 radical (unpaired) electrons. The van der Waals surface area contributed by atoms with Crippen LogP contribution in [0.2, 0.25) is 0 Å². The minimum Gasteiger partial charge on any atom is -0.373 e. The third-order valence-electron chi connectivity index (χ3n) is 8.40. The molecule has 2 fully saturated rings. The standard InChI is InChI=1S/C31H36F5N3O5S/c1-2-45(41,42)27-13-5-20(6-14-27)28(15-16-37)38-29(40)21-3-9-23(10-4-21)39-18-26(17-24(39)19-43-30(32)33)44-25-11-7-22(8-12-25)31(34,35)36/h3-6,9-10,13-14,22,24-26,28,30H,2,7-8,11-12,15,17-19H2,1H3,(H,38,40)/t22?,24-,25?,26?,28-/m0/s1. The van der Waals surface area contributed by atoms with Gasteiger partial charge in [-0.2, -0.15) is 27.2 Å². The number of carbonyl (C=O) groups is 1. The SMILES string of the molecule is CCS(=O)(=O)c1ccc([C@H](CC#N)NC(=O)c2ccc(N3CC(OC4CCC(C(F)(F)F)CC4)C[C@H]3COC(F)F)cc2)cc1. The molecule has 1 heterocycles. The Morgan fingerprint density at radius 3 is 2.24 bits per heavy atom. The molecular weight excluding hydrogens is 621 g/mol. The predicted molar refractivity (Wildman–Crippen MR) is 155 cm³/mol. The fraction of sp³-hybridized carbons (Fsp3) is 0.548. The van der Waals surface area contributed by atoms with Gasteiger partial charge in [0.05, 0.1) is 60.0 Å². The average Bonchev–Trinajstić information content (AvgIpc) is 3.42. The Kier molecular flexibility index (Phi) is 11.4. The maximum absolute atomic E-state index is 13.1. The van der Waals surface area contributed by atoms with Crippen molar-refractivity contribution in [3.05, 3.63) is 59.7 Å². The third kappa shape index (κ3) is 9.14. The van der Waals surface area contributed by atoms with Gasteiger partial charge in [0.15, 0.2) is 9.84 Å². The van der Waals surface area contributed by atoms with Gasteiger partial charge in [-0.25, -0.2) is 8.42 Å². The van der Waals surface area contributed by atoms with Crippen LogP contribution in [0.4, 0.5) is 27.6 Å². The molecule has 1 unspecified atom stereocenters. The Morgan fingerprint density at radius 2 is 1.69 bits per heavy atom. The summed E-state index contributed by atoms with van der Waals surface area (Å²) >= 11 is 0. The largest absolute Gasteiger partial charge is 0.391 e. The first-order valence-electron chi connectivity index (χ1n) is 14.8. The zero-order valence-electron chi connectivity index (χ0n) is 24.7. The number of nitrogens with one attached hydrogen (secondary N) is 1. The van der Waals surface area contributed by atoms with Crippen molar-refractivity contribution in [1.29, 1.82) is 5.26 Å². The van der Waals surface area contributed by atoms with Crippen LogP contribution in [0.3, 0.4) is 0 Å². The number of hydrogen-bond donors (Lipinski definition) is 1. The molecule has 2 aromatic carbocycles. The monoisotopic (exact) mass is 657 g/mol. The Bertz CT molecular complexity index is 1420. The van der Waals surface area contributed by atoms with E-state index in [4.69, 9.17) is 4.74 Å². The van der Waals surface area contributed by atoms with Crippen LogP contribution in [-0.2, 0) is 19.3 Å². The normalized spacial score (nSPS) is 23.1. The highest BCUT2D eigenvalue weighted by atomic mass is 32.2. The van der Waals surface area contributed by atoms with Gasteiger partial charge in [-0.15, -0.1) is 0 Å². The van der Waals surface area contributed by atoms with E-state index in [1.165, 1.54) is 19.1 Å². The molecule has 2 aromatic rings. The highest BCUT2D eigenvalue weighted by Gasteiger charge is 2.43. The van der Waals surface area contributed by atoms with Crippen LogP contribution < -0.4 is 10.2 Å². The van der Waals surface area contributed by atoms with Gasteiger partial charge in [0.25, 0.3) is 5.91 Å². The van der Waals surface area contributed by atoms with E-state index in [2.05, 4.69) is 10.1 Å². The van der Waals surface area contributed by atoms with E-state index in [0.29, 0.717) is 24.2 Å². The number of carbonyl (C=O) groups excluding carboxylic acids is 1. The maximum atomic E-state index is 13.1. The van der Waals surface area contributed by atoms with Crippen LogP contribution >= 0.6 is 0 Å². The molecular formula is C31H36F5N3O5S. The predicted octanol–water partition coefficient (Wildman–Crippen LogP) is 6.19. The van der Waals surface area contributed by atoms with E-state index in [1.807, 2.05) is 11.0 Å². The number of halogens is 5. The number of ether oxygens (including phenoxy) is 2. The van der Waals surface area contributed by atoms with Crippen molar-refractivity contribution < 1.29 is 44.6 Å². The summed E-state index contributed by atoms with van der Waals surface area (Å²) in [7, 11) is -3.41. The highest BCUT2D eigenvalue weighted by Crippen LogP contribution is 2.39. The number of nitrogens with zero attached hydrogens (tertiary/aromatic N) is 2. The molecule has 1 saturated heterocycles. The van der Waals surface area contributed by atoms with Crippen molar-refractivity contribution in [3.8, 4) is 6.07 Å². The summed E-state index contributed by atoms with van der Waals surface area (Å²) in [5.74, 6) is -1.86. The molecule has 4 rings (SSSR count). The lowest BCUT2D eigenvalue weighted by molar-refractivity contribution is -0.189. The molecule has 14 heteroatoms.